The summed E-state index contributed by atoms with van der Waals surface area (Å²) in [7, 11) is 0. The van der Waals surface area contributed by atoms with E-state index in [2.05, 4.69) is 5.32 Å². The molecule has 1 aromatic rings. The number of carbonyl (C=O) groups is 1. The van der Waals surface area contributed by atoms with E-state index in [0.717, 1.165) is 12.0 Å². The molecule has 0 heterocycles. The second kappa shape index (κ2) is 8.34. The van der Waals surface area contributed by atoms with Crippen molar-refractivity contribution >= 4 is 29.9 Å². The molecule has 0 saturated carbocycles. The van der Waals surface area contributed by atoms with Gasteiger partial charge in [0, 0.05) is 11.6 Å². The predicted octanol–water partition coefficient (Wildman–Crippen LogP) is 2.51. The van der Waals surface area contributed by atoms with Gasteiger partial charge in [-0.3, -0.25) is 4.79 Å². The van der Waals surface area contributed by atoms with Gasteiger partial charge in [0.2, 0.25) is 5.91 Å². The number of halogens is 2. The van der Waals surface area contributed by atoms with Gasteiger partial charge in [-0.15, -0.1) is 12.4 Å². The van der Waals surface area contributed by atoms with Gasteiger partial charge in [-0.2, -0.15) is 0 Å². The molecule has 0 radical (unpaired) electrons. The average Bonchev–Trinajstić information content (AvgIpc) is 2.28. The minimum absolute atomic E-state index is 0. The highest BCUT2D eigenvalue weighted by molar-refractivity contribution is 6.30. The van der Waals surface area contributed by atoms with Crippen molar-refractivity contribution in [3.63, 3.8) is 0 Å². The van der Waals surface area contributed by atoms with E-state index in [0.29, 0.717) is 18.0 Å². The number of benzene rings is 1. The monoisotopic (exact) mass is 276 g/mol. The fraction of sp³-hybridized carbons (Fsp3) is 0.417. The fourth-order valence-corrected chi connectivity index (χ4v) is 1.49. The van der Waals surface area contributed by atoms with Gasteiger partial charge in [-0.1, -0.05) is 37.1 Å². The first-order chi connectivity index (χ1) is 7.63. The van der Waals surface area contributed by atoms with E-state index in [1.54, 1.807) is 12.1 Å². The first-order valence-corrected chi connectivity index (χ1v) is 5.79. The van der Waals surface area contributed by atoms with Gasteiger partial charge < -0.3 is 11.1 Å². The van der Waals surface area contributed by atoms with Crippen LogP contribution in [-0.2, 0) is 11.3 Å². The third-order valence-electron chi connectivity index (χ3n) is 2.32. The molecule has 0 aliphatic rings. The summed E-state index contributed by atoms with van der Waals surface area (Å²) in [5.74, 6) is -0.100. The lowest BCUT2D eigenvalue weighted by atomic mass is 10.1. The Morgan fingerprint density at radius 1 is 1.41 bits per heavy atom. The van der Waals surface area contributed by atoms with Crippen LogP contribution < -0.4 is 11.1 Å². The second-order valence-corrected chi connectivity index (χ2v) is 4.18. The van der Waals surface area contributed by atoms with Gasteiger partial charge >= 0.3 is 0 Å². The number of nitrogens with two attached hydrogens (primary N) is 1. The zero-order valence-electron chi connectivity index (χ0n) is 9.78. The topological polar surface area (TPSA) is 55.1 Å². The lowest BCUT2D eigenvalue weighted by molar-refractivity contribution is -0.122. The Bertz CT molecular complexity index is 341. The molecule has 0 bridgehead atoms. The van der Waals surface area contributed by atoms with Crippen molar-refractivity contribution in [3.05, 3.63) is 34.9 Å². The van der Waals surface area contributed by atoms with Gasteiger partial charge in [0.25, 0.3) is 0 Å². The maximum Gasteiger partial charge on any atom is 0.237 e. The van der Waals surface area contributed by atoms with Gasteiger partial charge in [-0.05, 0) is 24.1 Å². The van der Waals surface area contributed by atoms with Crippen LogP contribution in [0.25, 0.3) is 0 Å². The first-order valence-electron chi connectivity index (χ1n) is 5.41. The molecule has 0 aromatic heterocycles. The van der Waals surface area contributed by atoms with Crippen LogP contribution in [0.1, 0.15) is 25.3 Å². The summed E-state index contributed by atoms with van der Waals surface area (Å²) in [6.45, 7) is 2.50. The summed E-state index contributed by atoms with van der Waals surface area (Å²) >= 11 is 5.76. The average molecular weight is 277 g/mol. The fourth-order valence-electron chi connectivity index (χ4n) is 1.36. The molecular formula is C12H18Cl2N2O. The molecule has 1 aromatic carbocycles. The molecule has 1 amide bonds. The van der Waals surface area contributed by atoms with Crippen molar-refractivity contribution < 1.29 is 4.79 Å². The molecular weight excluding hydrogens is 259 g/mol. The molecule has 1 unspecified atom stereocenters. The number of carbonyl (C=O) groups excluding carboxylic acids is 1. The highest BCUT2D eigenvalue weighted by atomic mass is 35.5. The van der Waals surface area contributed by atoms with Gasteiger partial charge in [0.15, 0.2) is 0 Å². The third kappa shape index (κ3) is 5.91. The molecule has 1 rings (SSSR count). The zero-order valence-corrected chi connectivity index (χ0v) is 11.4. The van der Waals surface area contributed by atoms with E-state index in [9.17, 15) is 4.79 Å². The van der Waals surface area contributed by atoms with Gasteiger partial charge in [0.05, 0.1) is 6.04 Å². The van der Waals surface area contributed by atoms with Crippen LogP contribution in [-0.4, -0.2) is 11.9 Å². The van der Waals surface area contributed by atoms with E-state index >= 15 is 0 Å². The lowest BCUT2D eigenvalue weighted by Crippen LogP contribution is -2.40. The molecule has 5 heteroatoms. The third-order valence-corrected chi connectivity index (χ3v) is 2.57. The Hall–Kier alpha value is -0.770. The summed E-state index contributed by atoms with van der Waals surface area (Å²) < 4.78 is 0. The highest BCUT2D eigenvalue weighted by Gasteiger charge is 2.10. The number of hydrogen-bond acceptors (Lipinski definition) is 2. The Morgan fingerprint density at radius 2 is 2.00 bits per heavy atom. The molecule has 96 valence electrons. The van der Waals surface area contributed by atoms with E-state index in [4.69, 9.17) is 17.3 Å². The van der Waals surface area contributed by atoms with Crippen molar-refractivity contribution in [2.45, 2.75) is 32.4 Å². The van der Waals surface area contributed by atoms with Crippen LogP contribution in [0.15, 0.2) is 24.3 Å². The summed E-state index contributed by atoms with van der Waals surface area (Å²) in [5, 5.41) is 3.49. The summed E-state index contributed by atoms with van der Waals surface area (Å²) in [4.78, 5) is 11.5. The molecule has 1 atom stereocenters. The summed E-state index contributed by atoms with van der Waals surface area (Å²) in [6, 6.07) is 6.96. The van der Waals surface area contributed by atoms with Crippen molar-refractivity contribution in [2.24, 2.45) is 5.73 Å². The quantitative estimate of drug-likeness (QED) is 0.868. The van der Waals surface area contributed by atoms with Crippen molar-refractivity contribution in [1.29, 1.82) is 0 Å². The number of hydrogen-bond donors (Lipinski definition) is 2. The minimum Gasteiger partial charge on any atom is -0.351 e. The summed E-state index contributed by atoms with van der Waals surface area (Å²) in [6.07, 6.45) is 1.63. The Balaban J connectivity index is 0.00000256. The Labute approximate surface area is 113 Å². The maximum atomic E-state index is 11.5. The van der Waals surface area contributed by atoms with E-state index in [1.165, 1.54) is 0 Å². The SMILES string of the molecule is CCCC(N)C(=O)NCc1ccc(Cl)cc1.Cl. The minimum atomic E-state index is -0.405. The second-order valence-electron chi connectivity index (χ2n) is 3.74. The number of amides is 1. The van der Waals surface area contributed by atoms with Crippen LogP contribution in [0.5, 0.6) is 0 Å². The molecule has 0 saturated heterocycles. The van der Waals surface area contributed by atoms with Crippen LogP contribution in [0.4, 0.5) is 0 Å². The largest absolute Gasteiger partial charge is 0.351 e. The van der Waals surface area contributed by atoms with E-state index in [-0.39, 0.29) is 18.3 Å². The van der Waals surface area contributed by atoms with Crippen molar-refractivity contribution in [1.82, 2.24) is 5.32 Å². The lowest BCUT2D eigenvalue weighted by Gasteiger charge is -2.11. The Morgan fingerprint density at radius 3 is 2.53 bits per heavy atom. The van der Waals surface area contributed by atoms with Crippen LogP contribution in [0, 0.1) is 0 Å². The molecule has 0 fully saturated rings. The van der Waals surface area contributed by atoms with Crippen LogP contribution >= 0.6 is 24.0 Å². The standard InChI is InChI=1S/C12H17ClN2O.ClH/c1-2-3-11(14)12(16)15-8-9-4-6-10(13)7-5-9;/h4-7,11H,2-3,8,14H2,1H3,(H,15,16);1H. The normalized spacial score (nSPS) is 11.5. The molecule has 0 aliphatic carbocycles. The first kappa shape index (κ1) is 16.2. The number of nitrogens with one attached hydrogen (secondary N) is 1. The van der Waals surface area contributed by atoms with Gasteiger partial charge in [-0.25, -0.2) is 0 Å². The number of rotatable bonds is 5. The molecule has 3 N–H and O–H groups in total. The summed E-state index contributed by atoms with van der Waals surface area (Å²) in [5.41, 5.74) is 6.70. The van der Waals surface area contributed by atoms with Gasteiger partial charge in [0.1, 0.15) is 0 Å². The smallest absolute Gasteiger partial charge is 0.237 e. The van der Waals surface area contributed by atoms with E-state index < -0.39 is 6.04 Å². The molecule has 0 aliphatic heterocycles. The van der Waals surface area contributed by atoms with Crippen LogP contribution in [0.2, 0.25) is 5.02 Å². The van der Waals surface area contributed by atoms with Crippen molar-refractivity contribution in [3.8, 4) is 0 Å². The highest BCUT2D eigenvalue weighted by Crippen LogP contribution is 2.09. The maximum absolute atomic E-state index is 11.5. The molecule has 17 heavy (non-hydrogen) atoms. The molecule has 3 nitrogen and oxygen atoms in total. The Kier molecular flexibility index (Phi) is 7.96. The predicted molar refractivity (Wildman–Crippen MR) is 73.4 cm³/mol. The molecule has 0 spiro atoms. The zero-order chi connectivity index (χ0) is 12.0. The van der Waals surface area contributed by atoms with Crippen molar-refractivity contribution in [2.75, 3.05) is 0 Å². The van der Waals surface area contributed by atoms with E-state index in [1.807, 2.05) is 19.1 Å². The van der Waals surface area contributed by atoms with Crippen LogP contribution in [0.3, 0.4) is 0 Å².